The predicted molar refractivity (Wildman–Crippen MR) is 124 cm³/mol. The van der Waals surface area contributed by atoms with Gasteiger partial charge in [-0.25, -0.2) is 4.79 Å². The molecular formula is C26H23NO7. The molecule has 0 bridgehead atoms. The second kappa shape index (κ2) is 9.66. The van der Waals surface area contributed by atoms with E-state index in [1.165, 1.54) is 38.5 Å². The van der Waals surface area contributed by atoms with Gasteiger partial charge < -0.3 is 24.1 Å². The van der Waals surface area contributed by atoms with Gasteiger partial charge in [-0.3, -0.25) is 9.78 Å². The van der Waals surface area contributed by atoms with Crippen LogP contribution >= 0.6 is 0 Å². The number of phenols is 1. The molecule has 0 saturated heterocycles. The number of benzene rings is 2. The summed E-state index contributed by atoms with van der Waals surface area (Å²) >= 11 is 0. The molecule has 34 heavy (non-hydrogen) atoms. The summed E-state index contributed by atoms with van der Waals surface area (Å²) in [5, 5.41) is 10.4. The number of nitrogens with zero attached hydrogens (tertiary/aromatic N) is 1. The van der Waals surface area contributed by atoms with Crippen LogP contribution in [0.1, 0.15) is 39.7 Å². The Morgan fingerprint density at radius 3 is 2.62 bits per heavy atom. The van der Waals surface area contributed by atoms with E-state index in [1.54, 1.807) is 30.5 Å². The van der Waals surface area contributed by atoms with Crippen molar-refractivity contribution in [1.29, 1.82) is 0 Å². The molecule has 1 atom stereocenters. The molecule has 1 aromatic heterocycles. The van der Waals surface area contributed by atoms with Crippen molar-refractivity contribution < 1.29 is 33.6 Å². The minimum atomic E-state index is -0.666. The highest BCUT2D eigenvalue weighted by Crippen LogP contribution is 2.43. The Bertz CT molecular complexity index is 1260. The van der Waals surface area contributed by atoms with E-state index in [0.29, 0.717) is 22.8 Å². The van der Waals surface area contributed by atoms with Crippen molar-refractivity contribution in [1.82, 2.24) is 4.98 Å². The molecule has 1 aliphatic rings. The normalized spacial score (nSPS) is 14.9. The Kier molecular flexibility index (Phi) is 6.49. The van der Waals surface area contributed by atoms with Gasteiger partial charge in [0.2, 0.25) is 0 Å². The number of carbonyl (C=O) groups excluding carboxylic acids is 2. The second-order valence-electron chi connectivity index (χ2n) is 7.68. The molecule has 0 unspecified atom stereocenters. The summed E-state index contributed by atoms with van der Waals surface area (Å²) in [6.07, 6.45) is 3.86. The minimum absolute atomic E-state index is 0.0292. The van der Waals surface area contributed by atoms with Gasteiger partial charge in [-0.2, -0.15) is 0 Å². The van der Waals surface area contributed by atoms with Gasteiger partial charge in [-0.1, -0.05) is 12.1 Å². The summed E-state index contributed by atoms with van der Waals surface area (Å²) < 4.78 is 21.9. The molecule has 1 aliphatic heterocycles. The number of aryl methyl sites for hydroxylation is 1. The summed E-state index contributed by atoms with van der Waals surface area (Å²) in [5.74, 6) is -0.0504. The fourth-order valence-corrected chi connectivity index (χ4v) is 3.59. The van der Waals surface area contributed by atoms with Gasteiger partial charge in [0.05, 0.1) is 26.3 Å². The number of hydrogen-bond donors (Lipinski definition) is 1. The Morgan fingerprint density at radius 2 is 1.91 bits per heavy atom. The lowest BCUT2D eigenvalue weighted by Gasteiger charge is -2.26. The topological polar surface area (TPSA) is 104 Å². The van der Waals surface area contributed by atoms with Crippen LogP contribution in [0.2, 0.25) is 0 Å². The minimum Gasteiger partial charge on any atom is -0.507 e. The summed E-state index contributed by atoms with van der Waals surface area (Å²) in [6, 6.07) is 11.5. The van der Waals surface area contributed by atoms with E-state index < -0.39 is 12.1 Å². The molecular weight excluding hydrogens is 438 g/mol. The van der Waals surface area contributed by atoms with E-state index in [1.807, 2.05) is 13.0 Å². The Morgan fingerprint density at radius 1 is 1.12 bits per heavy atom. The number of rotatable bonds is 6. The molecule has 0 fully saturated rings. The number of pyridine rings is 1. The zero-order chi connectivity index (χ0) is 24.2. The molecule has 0 spiro atoms. The SMILES string of the molecule is COc1ccc([C@@H]2CC(=O)c3c(O)cc(OC(=O)/C=C/c4ccc(C)cn4)cc3O2)cc1OC. The van der Waals surface area contributed by atoms with Crippen LogP contribution in [0, 0.1) is 6.92 Å². The molecule has 8 nitrogen and oxygen atoms in total. The van der Waals surface area contributed by atoms with E-state index in [-0.39, 0.29) is 35.0 Å². The lowest BCUT2D eigenvalue weighted by molar-refractivity contribution is -0.128. The van der Waals surface area contributed by atoms with Crippen LogP contribution in [0.5, 0.6) is 28.7 Å². The number of esters is 1. The number of ether oxygens (including phenoxy) is 4. The fourth-order valence-electron chi connectivity index (χ4n) is 3.59. The van der Waals surface area contributed by atoms with Crippen LogP contribution in [0.3, 0.4) is 0 Å². The molecule has 3 aromatic rings. The quantitative estimate of drug-likeness (QED) is 0.326. The molecule has 0 saturated carbocycles. The van der Waals surface area contributed by atoms with Gasteiger partial charge in [0, 0.05) is 24.4 Å². The average molecular weight is 461 g/mol. The number of methoxy groups -OCH3 is 2. The first kappa shape index (κ1) is 22.8. The van der Waals surface area contributed by atoms with Gasteiger partial charge in [0.1, 0.15) is 28.9 Å². The van der Waals surface area contributed by atoms with Gasteiger partial charge in [0.15, 0.2) is 17.3 Å². The number of Topliss-reactive ketones (excluding diaryl/α,β-unsaturated/α-hetero) is 1. The number of hydrogen-bond acceptors (Lipinski definition) is 8. The molecule has 174 valence electrons. The number of aromatic hydroxyl groups is 1. The highest BCUT2D eigenvalue weighted by atomic mass is 16.5. The molecule has 2 heterocycles. The Labute approximate surface area is 196 Å². The largest absolute Gasteiger partial charge is 0.507 e. The van der Waals surface area contributed by atoms with E-state index in [9.17, 15) is 14.7 Å². The van der Waals surface area contributed by atoms with E-state index >= 15 is 0 Å². The number of phenolic OH excluding ortho intramolecular Hbond substituents is 1. The zero-order valence-electron chi connectivity index (χ0n) is 18.9. The van der Waals surface area contributed by atoms with E-state index in [2.05, 4.69) is 4.98 Å². The van der Waals surface area contributed by atoms with Crippen molar-refractivity contribution in [2.45, 2.75) is 19.4 Å². The second-order valence-corrected chi connectivity index (χ2v) is 7.68. The molecule has 0 radical (unpaired) electrons. The van der Waals surface area contributed by atoms with Gasteiger partial charge in [-0.05, 0) is 42.3 Å². The Balaban J connectivity index is 1.55. The standard InChI is InChI=1S/C26H23NO7/c1-15-4-6-17(27-14-15)7-9-25(30)33-18-11-19(28)26-20(29)13-22(34-24(26)12-18)16-5-8-21(31-2)23(10-16)32-3/h4-12,14,22,28H,13H2,1-3H3/b9-7+/t22-/m0/s1. The maximum atomic E-state index is 12.8. The predicted octanol–water partition coefficient (Wildman–Crippen LogP) is 4.44. The molecule has 8 heteroatoms. The Hall–Kier alpha value is -4.33. The molecule has 0 aliphatic carbocycles. The fraction of sp³-hybridized carbons (Fsp3) is 0.192. The third-order valence-corrected chi connectivity index (χ3v) is 5.30. The highest BCUT2D eigenvalue weighted by molar-refractivity contribution is 6.03. The zero-order valence-corrected chi connectivity index (χ0v) is 18.9. The first-order chi connectivity index (χ1) is 16.4. The van der Waals surface area contributed by atoms with Crippen molar-refractivity contribution >= 4 is 17.8 Å². The number of carbonyl (C=O) groups is 2. The highest BCUT2D eigenvalue weighted by Gasteiger charge is 2.31. The monoisotopic (exact) mass is 461 g/mol. The average Bonchev–Trinajstić information content (AvgIpc) is 2.82. The third-order valence-electron chi connectivity index (χ3n) is 5.30. The lowest BCUT2D eigenvalue weighted by Crippen LogP contribution is -2.21. The molecule has 2 aromatic carbocycles. The smallest absolute Gasteiger partial charge is 0.336 e. The summed E-state index contributed by atoms with van der Waals surface area (Å²) in [4.78, 5) is 29.2. The number of aromatic nitrogens is 1. The lowest BCUT2D eigenvalue weighted by atomic mass is 9.95. The van der Waals surface area contributed by atoms with Crippen molar-refractivity contribution in [3.8, 4) is 28.7 Å². The van der Waals surface area contributed by atoms with Crippen LogP contribution in [0.25, 0.3) is 6.08 Å². The van der Waals surface area contributed by atoms with Crippen LogP contribution in [-0.2, 0) is 4.79 Å². The van der Waals surface area contributed by atoms with Crippen LogP contribution in [-0.4, -0.2) is 36.1 Å². The van der Waals surface area contributed by atoms with Crippen molar-refractivity contribution in [2.24, 2.45) is 0 Å². The number of ketones is 1. The number of fused-ring (bicyclic) bond motifs is 1. The summed E-state index contributed by atoms with van der Waals surface area (Å²) in [7, 11) is 3.05. The van der Waals surface area contributed by atoms with Crippen LogP contribution in [0.4, 0.5) is 0 Å². The van der Waals surface area contributed by atoms with Gasteiger partial charge in [-0.15, -0.1) is 0 Å². The molecule has 1 N–H and O–H groups in total. The summed E-state index contributed by atoms with van der Waals surface area (Å²) in [6.45, 7) is 1.92. The summed E-state index contributed by atoms with van der Waals surface area (Å²) in [5.41, 5.74) is 2.36. The van der Waals surface area contributed by atoms with Gasteiger partial charge in [0.25, 0.3) is 0 Å². The molecule has 4 rings (SSSR count). The maximum absolute atomic E-state index is 12.8. The third kappa shape index (κ3) is 4.85. The van der Waals surface area contributed by atoms with Crippen LogP contribution in [0.15, 0.2) is 54.7 Å². The van der Waals surface area contributed by atoms with Crippen LogP contribution < -0.4 is 18.9 Å². The van der Waals surface area contributed by atoms with Crippen molar-refractivity contribution in [2.75, 3.05) is 14.2 Å². The van der Waals surface area contributed by atoms with E-state index in [4.69, 9.17) is 18.9 Å². The molecule has 0 amide bonds. The van der Waals surface area contributed by atoms with Gasteiger partial charge >= 0.3 is 5.97 Å². The first-order valence-corrected chi connectivity index (χ1v) is 10.5. The van der Waals surface area contributed by atoms with Crippen molar-refractivity contribution in [3.05, 3.63) is 77.1 Å². The first-order valence-electron chi connectivity index (χ1n) is 10.5. The maximum Gasteiger partial charge on any atom is 0.336 e. The van der Waals surface area contributed by atoms with E-state index in [0.717, 1.165) is 5.56 Å². The van der Waals surface area contributed by atoms with Crippen molar-refractivity contribution in [3.63, 3.8) is 0 Å².